The van der Waals surface area contributed by atoms with Gasteiger partial charge in [0.2, 0.25) is 0 Å². The van der Waals surface area contributed by atoms with Crippen LogP contribution in [0.3, 0.4) is 0 Å². The van der Waals surface area contributed by atoms with Gasteiger partial charge in [0.1, 0.15) is 5.75 Å². The van der Waals surface area contributed by atoms with Gasteiger partial charge in [0.05, 0.1) is 11.1 Å². The number of ether oxygens (including phenoxy) is 1. The molecule has 1 N–H and O–H groups in total. The van der Waals surface area contributed by atoms with E-state index in [2.05, 4.69) is 10.3 Å². The SMILES string of the molecule is O=C(NCc1ccc(Oc2cccnc2)c(F)c1)c1ccc([N+](=O)[O-])cc1. The van der Waals surface area contributed by atoms with E-state index < -0.39 is 16.6 Å². The summed E-state index contributed by atoms with van der Waals surface area (Å²) in [5, 5.41) is 13.3. The van der Waals surface area contributed by atoms with Crippen molar-refractivity contribution in [3.63, 3.8) is 0 Å². The van der Waals surface area contributed by atoms with Crippen LogP contribution in [-0.2, 0) is 6.54 Å². The van der Waals surface area contributed by atoms with Crippen molar-refractivity contribution in [2.45, 2.75) is 6.54 Å². The summed E-state index contributed by atoms with van der Waals surface area (Å²) in [7, 11) is 0. The van der Waals surface area contributed by atoms with E-state index in [0.717, 1.165) is 0 Å². The van der Waals surface area contributed by atoms with Crippen LogP contribution < -0.4 is 10.1 Å². The molecule has 0 saturated heterocycles. The third kappa shape index (κ3) is 4.63. The van der Waals surface area contributed by atoms with Crippen LogP contribution >= 0.6 is 0 Å². The van der Waals surface area contributed by atoms with Gasteiger partial charge in [-0.15, -0.1) is 0 Å². The molecule has 27 heavy (non-hydrogen) atoms. The Morgan fingerprint density at radius 3 is 2.59 bits per heavy atom. The Balaban J connectivity index is 1.61. The molecule has 1 amide bonds. The third-order valence-corrected chi connectivity index (χ3v) is 3.65. The maximum absolute atomic E-state index is 14.2. The predicted molar refractivity (Wildman–Crippen MR) is 95.0 cm³/mol. The van der Waals surface area contributed by atoms with Gasteiger partial charge in [0.25, 0.3) is 11.6 Å². The molecule has 0 unspecified atom stereocenters. The fraction of sp³-hybridized carbons (Fsp3) is 0.0526. The normalized spacial score (nSPS) is 10.3. The molecule has 3 rings (SSSR count). The quantitative estimate of drug-likeness (QED) is 0.527. The Labute approximate surface area is 153 Å². The lowest BCUT2D eigenvalue weighted by molar-refractivity contribution is -0.384. The van der Waals surface area contributed by atoms with E-state index >= 15 is 0 Å². The van der Waals surface area contributed by atoms with Crippen LogP contribution in [0, 0.1) is 15.9 Å². The van der Waals surface area contributed by atoms with Gasteiger partial charge in [0, 0.05) is 30.4 Å². The Bertz CT molecular complexity index is 962. The summed E-state index contributed by atoms with van der Waals surface area (Å²) < 4.78 is 19.6. The Hall–Kier alpha value is -3.81. The van der Waals surface area contributed by atoms with Crippen molar-refractivity contribution < 1.29 is 18.8 Å². The molecule has 0 bridgehead atoms. The lowest BCUT2D eigenvalue weighted by Gasteiger charge is -2.09. The first kappa shape index (κ1) is 18.0. The number of non-ortho nitro benzene ring substituents is 1. The van der Waals surface area contributed by atoms with Crippen LogP contribution in [0.2, 0.25) is 0 Å². The molecule has 0 radical (unpaired) electrons. The number of rotatable bonds is 6. The van der Waals surface area contributed by atoms with E-state index in [1.54, 1.807) is 24.4 Å². The van der Waals surface area contributed by atoms with Gasteiger partial charge in [-0.25, -0.2) is 4.39 Å². The van der Waals surface area contributed by atoms with Gasteiger partial charge in [-0.3, -0.25) is 19.9 Å². The number of aromatic nitrogens is 1. The van der Waals surface area contributed by atoms with Crippen LogP contribution in [0.1, 0.15) is 15.9 Å². The summed E-state index contributed by atoms with van der Waals surface area (Å²) in [6.07, 6.45) is 3.05. The van der Waals surface area contributed by atoms with Crippen molar-refractivity contribution in [2.75, 3.05) is 0 Å². The average molecular weight is 367 g/mol. The minimum atomic E-state index is -0.569. The lowest BCUT2D eigenvalue weighted by atomic mass is 10.1. The van der Waals surface area contributed by atoms with E-state index in [-0.39, 0.29) is 23.5 Å². The largest absolute Gasteiger partial charge is 0.453 e. The van der Waals surface area contributed by atoms with Gasteiger partial charge in [-0.1, -0.05) is 6.07 Å². The smallest absolute Gasteiger partial charge is 0.269 e. The Kier molecular flexibility index (Phi) is 5.36. The molecule has 1 aromatic heterocycles. The molecule has 0 fully saturated rings. The zero-order chi connectivity index (χ0) is 19.2. The second-order valence-corrected chi connectivity index (χ2v) is 5.54. The molecule has 7 nitrogen and oxygen atoms in total. The van der Waals surface area contributed by atoms with Gasteiger partial charge >= 0.3 is 0 Å². The van der Waals surface area contributed by atoms with Gasteiger partial charge < -0.3 is 10.1 Å². The third-order valence-electron chi connectivity index (χ3n) is 3.65. The number of pyridine rings is 1. The summed E-state index contributed by atoms with van der Waals surface area (Å²) in [6.45, 7) is 0.0971. The van der Waals surface area contributed by atoms with E-state index in [1.807, 2.05) is 0 Å². The maximum Gasteiger partial charge on any atom is 0.269 e. The summed E-state index contributed by atoms with van der Waals surface area (Å²) in [5.74, 6) is -0.522. The molecular formula is C19H14FN3O4. The van der Waals surface area contributed by atoms with Crippen molar-refractivity contribution in [1.82, 2.24) is 10.3 Å². The summed E-state index contributed by atoms with van der Waals surface area (Å²) >= 11 is 0. The summed E-state index contributed by atoms with van der Waals surface area (Å²) in [6, 6.07) is 12.9. The van der Waals surface area contributed by atoms with Crippen LogP contribution in [-0.4, -0.2) is 15.8 Å². The Morgan fingerprint density at radius 2 is 1.96 bits per heavy atom. The topological polar surface area (TPSA) is 94.4 Å². The summed E-state index contributed by atoms with van der Waals surface area (Å²) in [5.41, 5.74) is 0.719. The van der Waals surface area contributed by atoms with Gasteiger partial charge in [-0.2, -0.15) is 0 Å². The molecule has 2 aromatic carbocycles. The monoisotopic (exact) mass is 367 g/mol. The number of nitrogens with zero attached hydrogens (tertiary/aromatic N) is 2. The number of benzene rings is 2. The number of nitro groups is 1. The first-order valence-corrected chi connectivity index (χ1v) is 7.92. The standard InChI is InChI=1S/C19H14FN3O4/c20-17-10-13(3-8-18(17)27-16-2-1-9-21-12-16)11-22-19(24)14-4-6-15(7-5-14)23(25)26/h1-10,12H,11H2,(H,22,24). The highest BCUT2D eigenvalue weighted by molar-refractivity contribution is 5.94. The molecule has 0 saturated carbocycles. The van der Waals surface area contributed by atoms with E-state index in [9.17, 15) is 19.3 Å². The minimum Gasteiger partial charge on any atom is -0.453 e. The average Bonchev–Trinajstić information content (AvgIpc) is 2.69. The maximum atomic E-state index is 14.2. The number of carbonyl (C=O) groups is 1. The summed E-state index contributed by atoms with van der Waals surface area (Å²) in [4.78, 5) is 26.1. The van der Waals surface area contributed by atoms with Crippen molar-refractivity contribution in [3.8, 4) is 11.5 Å². The molecule has 136 valence electrons. The lowest BCUT2D eigenvalue weighted by Crippen LogP contribution is -2.22. The highest BCUT2D eigenvalue weighted by Crippen LogP contribution is 2.24. The fourth-order valence-corrected chi connectivity index (χ4v) is 2.29. The van der Waals surface area contributed by atoms with Crippen LogP contribution in [0.25, 0.3) is 0 Å². The second-order valence-electron chi connectivity index (χ2n) is 5.54. The van der Waals surface area contributed by atoms with Crippen LogP contribution in [0.5, 0.6) is 11.5 Å². The van der Waals surface area contributed by atoms with Crippen LogP contribution in [0.4, 0.5) is 10.1 Å². The van der Waals surface area contributed by atoms with Crippen molar-refractivity contribution >= 4 is 11.6 Å². The number of carbonyl (C=O) groups excluding carboxylic acids is 1. The van der Waals surface area contributed by atoms with Crippen molar-refractivity contribution in [3.05, 3.63) is 94.0 Å². The molecule has 3 aromatic rings. The highest BCUT2D eigenvalue weighted by Gasteiger charge is 2.11. The zero-order valence-corrected chi connectivity index (χ0v) is 14.0. The van der Waals surface area contributed by atoms with Gasteiger partial charge in [0.15, 0.2) is 11.6 Å². The number of nitrogens with one attached hydrogen (secondary N) is 1. The molecule has 0 atom stereocenters. The zero-order valence-electron chi connectivity index (χ0n) is 14.0. The number of hydrogen-bond acceptors (Lipinski definition) is 5. The second kappa shape index (κ2) is 8.05. The number of nitro benzene ring substituents is 1. The molecule has 0 spiro atoms. The van der Waals surface area contributed by atoms with Crippen LogP contribution in [0.15, 0.2) is 67.0 Å². The first-order valence-electron chi connectivity index (χ1n) is 7.92. The molecule has 0 aliphatic carbocycles. The number of halogens is 1. The Morgan fingerprint density at radius 1 is 1.19 bits per heavy atom. The van der Waals surface area contributed by atoms with Crippen molar-refractivity contribution in [2.24, 2.45) is 0 Å². The number of amides is 1. The van der Waals surface area contributed by atoms with Crippen molar-refractivity contribution in [1.29, 1.82) is 0 Å². The molecule has 0 aliphatic heterocycles. The molecule has 8 heteroatoms. The highest BCUT2D eigenvalue weighted by atomic mass is 19.1. The predicted octanol–water partition coefficient (Wildman–Crippen LogP) is 3.85. The number of hydrogen-bond donors (Lipinski definition) is 1. The van der Waals surface area contributed by atoms with E-state index in [4.69, 9.17) is 4.74 Å². The van der Waals surface area contributed by atoms with Gasteiger partial charge in [-0.05, 0) is 42.0 Å². The molecule has 0 aliphatic rings. The molecular weight excluding hydrogens is 353 g/mol. The fourth-order valence-electron chi connectivity index (χ4n) is 2.29. The van der Waals surface area contributed by atoms with E-state index in [1.165, 1.54) is 42.6 Å². The minimum absolute atomic E-state index is 0.0495. The molecule has 1 heterocycles. The van der Waals surface area contributed by atoms with E-state index in [0.29, 0.717) is 11.3 Å². The first-order chi connectivity index (χ1) is 13.0.